The molecule has 0 aliphatic rings. The van der Waals surface area contributed by atoms with Crippen molar-refractivity contribution in [2.45, 2.75) is 0 Å². The average molecular weight is 166 g/mol. The lowest BCUT2D eigenvalue weighted by atomic mass is 10.2. The van der Waals surface area contributed by atoms with Gasteiger partial charge in [0.25, 0.3) is 0 Å². The first kappa shape index (κ1) is 10.2. The zero-order valence-corrected chi connectivity index (χ0v) is 6.53. The highest BCUT2D eigenvalue weighted by Gasteiger charge is 2.00. The Labute approximate surface area is 70.6 Å². The third kappa shape index (κ3) is 2.88. The number of rotatable bonds is 1. The lowest BCUT2D eigenvalue weighted by molar-refractivity contribution is 0.0696. The van der Waals surface area contributed by atoms with Crippen molar-refractivity contribution in [2.75, 3.05) is 0 Å². The van der Waals surface area contributed by atoms with Gasteiger partial charge in [0, 0.05) is 0 Å². The zero-order valence-electron chi connectivity index (χ0n) is 6.53. The van der Waals surface area contributed by atoms with Gasteiger partial charge in [-0.05, 0) is 18.2 Å². The van der Waals surface area contributed by atoms with E-state index in [4.69, 9.17) is 10.2 Å². The summed E-state index contributed by atoms with van der Waals surface area (Å²) >= 11 is 0. The Morgan fingerprint density at radius 3 is 2.25 bits per heavy atom. The highest BCUT2D eigenvalue weighted by atomic mass is 16.4. The first-order chi connectivity index (χ1) is 5.70. The van der Waals surface area contributed by atoms with Crippen LogP contribution in [0, 0.1) is 0 Å². The number of aromatic carboxylic acids is 1. The van der Waals surface area contributed by atoms with E-state index in [-0.39, 0.29) is 11.3 Å². The van der Waals surface area contributed by atoms with Gasteiger partial charge >= 0.3 is 5.97 Å². The predicted octanol–water partition coefficient (Wildman–Crippen LogP) is 1.89. The number of phenolic OH excluding ortho intramolecular Hbond substituents is 1. The molecule has 2 N–H and O–H groups in total. The van der Waals surface area contributed by atoms with Crippen molar-refractivity contribution in [1.82, 2.24) is 0 Å². The summed E-state index contributed by atoms with van der Waals surface area (Å²) < 4.78 is 0. The van der Waals surface area contributed by atoms with Crippen LogP contribution in [0.3, 0.4) is 0 Å². The first-order valence-electron chi connectivity index (χ1n) is 3.22. The molecule has 64 valence electrons. The van der Waals surface area contributed by atoms with Gasteiger partial charge in [0.05, 0.1) is 5.56 Å². The van der Waals surface area contributed by atoms with Crippen molar-refractivity contribution in [3.05, 3.63) is 43.0 Å². The molecule has 0 heterocycles. The summed E-state index contributed by atoms with van der Waals surface area (Å²) in [6, 6.07) is 5.52. The smallest absolute Gasteiger partial charge is 0.335 e. The number of aromatic hydroxyl groups is 1. The van der Waals surface area contributed by atoms with E-state index in [1.54, 1.807) is 0 Å². The Bertz CT molecular complexity index is 268. The zero-order chi connectivity index (χ0) is 9.56. The number of benzene rings is 1. The van der Waals surface area contributed by atoms with Crippen LogP contribution in [0.25, 0.3) is 0 Å². The molecule has 0 spiro atoms. The molecule has 3 heteroatoms. The lowest BCUT2D eigenvalue weighted by Gasteiger charge is -1.92. The number of carbonyl (C=O) groups is 1. The molecule has 0 radical (unpaired) electrons. The van der Waals surface area contributed by atoms with Crippen LogP contribution < -0.4 is 0 Å². The van der Waals surface area contributed by atoms with E-state index in [1.807, 2.05) is 0 Å². The van der Waals surface area contributed by atoms with E-state index >= 15 is 0 Å². The van der Waals surface area contributed by atoms with Crippen LogP contribution in [0.2, 0.25) is 0 Å². The van der Waals surface area contributed by atoms with Gasteiger partial charge in [-0.3, -0.25) is 0 Å². The maximum atomic E-state index is 10.2. The molecule has 0 unspecified atom stereocenters. The van der Waals surface area contributed by atoms with Gasteiger partial charge in [-0.2, -0.15) is 0 Å². The SMILES string of the molecule is C=C.O=C(O)c1cccc(O)c1. The van der Waals surface area contributed by atoms with Crippen LogP contribution >= 0.6 is 0 Å². The van der Waals surface area contributed by atoms with Crippen molar-refractivity contribution in [1.29, 1.82) is 0 Å². The fourth-order valence-electron chi connectivity index (χ4n) is 0.639. The number of phenols is 1. The van der Waals surface area contributed by atoms with E-state index in [0.29, 0.717) is 0 Å². The van der Waals surface area contributed by atoms with E-state index in [1.165, 1.54) is 24.3 Å². The Balaban J connectivity index is 0.000000561. The molecule has 0 aromatic heterocycles. The largest absolute Gasteiger partial charge is 0.508 e. The summed E-state index contributed by atoms with van der Waals surface area (Å²) in [6.07, 6.45) is 0. The van der Waals surface area contributed by atoms with Crippen molar-refractivity contribution < 1.29 is 15.0 Å². The Hall–Kier alpha value is -1.77. The topological polar surface area (TPSA) is 57.5 Å². The van der Waals surface area contributed by atoms with Gasteiger partial charge in [0.15, 0.2) is 0 Å². The molecule has 0 aliphatic heterocycles. The third-order valence-corrected chi connectivity index (χ3v) is 1.09. The number of hydrogen-bond acceptors (Lipinski definition) is 2. The maximum Gasteiger partial charge on any atom is 0.335 e. The maximum absolute atomic E-state index is 10.2. The second-order valence-corrected chi connectivity index (χ2v) is 1.86. The molecule has 1 aromatic carbocycles. The van der Waals surface area contributed by atoms with Crippen molar-refractivity contribution in [3.63, 3.8) is 0 Å². The molecule has 0 bridgehead atoms. The molecule has 0 saturated heterocycles. The second kappa shape index (κ2) is 4.96. The van der Waals surface area contributed by atoms with Gasteiger partial charge in [-0.1, -0.05) is 6.07 Å². The van der Waals surface area contributed by atoms with Gasteiger partial charge in [-0.25, -0.2) is 4.79 Å². The monoisotopic (exact) mass is 166 g/mol. The van der Waals surface area contributed by atoms with E-state index < -0.39 is 5.97 Å². The summed E-state index contributed by atoms with van der Waals surface area (Å²) in [5.74, 6) is -1.06. The van der Waals surface area contributed by atoms with E-state index in [2.05, 4.69) is 13.2 Å². The Morgan fingerprint density at radius 1 is 1.33 bits per heavy atom. The minimum atomic E-state index is -1.03. The van der Waals surface area contributed by atoms with Crippen LogP contribution in [-0.4, -0.2) is 16.2 Å². The summed E-state index contributed by atoms with van der Waals surface area (Å²) in [7, 11) is 0. The molecule has 12 heavy (non-hydrogen) atoms. The Morgan fingerprint density at radius 2 is 1.92 bits per heavy atom. The summed E-state index contributed by atoms with van der Waals surface area (Å²) in [4.78, 5) is 10.2. The number of hydrogen-bond donors (Lipinski definition) is 2. The van der Waals surface area contributed by atoms with Gasteiger partial charge < -0.3 is 10.2 Å². The van der Waals surface area contributed by atoms with Crippen LogP contribution in [-0.2, 0) is 0 Å². The summed E-state index contributed by atoms with van der Waals surface area (Å²) in [6.45, 7) is 6.00. The molecule has 3 nitrogen and oxygen atoms in total. The predicted molar refractivity (Wildman–Crippen MR) is 46.3 cm³/mol. The minimum Gasteiger partial charge on any atom is -0.508 e. The summed E-state index contributed by atoms with van der Waals surface area (Å²) in [5, 5.41) is 17.2. The molecular weight excluding hydrogens is 156 g/mol. The molecule has 0 saturated carbocycles. The van der Waals surface area contributed by atoms with Crippen LogP contribution in [0.4, 0.5) is 0 Å². The molecule has 0 fully saturated rings. The van der Waals surface area contributed by atoms with Gasteiger partial charge in [0.1, 0.15) is 5.75 Å². The highest BCUT2D eigenvalue weighted by molar-refractivity contribution is 5.87. The van der Waals surface area contributed by atoms with Gasteiger partial charge in [0.2, 0.25) is 0 Å². The van der Waals surface area contributed by atoms with Gasteiger partial charge in [-0.15, -0.1) is 13.2 Å². The normalized spacial score (nSPS) is 8.00. The fourth-order valence-corrected chi connectivity index (χ4v) is 0.639. The molecular formula is C9H10O3. The van der Waals surface area contributed by atoms with E-state index in [0.717, 1.165) is 0 Å². The van der Waals surface area contributed by atoms with Crippen molar-refractivity contribution >= 4 is 5.97 Å². The fraction of sp³-hybridized carbons (Fsp3) is 0. The van der Waals surface area contributed by atoms with Crippen molar-refractivity contribution in [2.24, 2.45) is 0 Å². The van der Waals surface area contributed by atoms with Crippen LogP contribution in [0.5, 0.6) is 5.75 Å². The average Bonchev–Trinajstić information content (AvgIpc) is 2.08. The Kier molecular flexibility index (Phi) is 4.23. The van der Waals surface area contributed by atoms with E-state index in [9.17, 15) is 4.79 Å². The third-order valence-electron chi connectivity index (χ3n) is 1.09. The minimum absolute atomic E-state index is 0.0279. The highest BCUT2D eigenvalue weighted by Crippen LogP contribution is 2.09. The standard InChI is InChI=1S/C7H6O3.C2H4/c8-6-3-1-2-5(4-6)7(9)10;1-2/h1-4,8H,(H,9,10);1-2H2. The second-order valence-electron chi connectivity index (χ2n) is 1.86. The molecule has 0 amide bonds. The first-order valence-corrected chi connectivity index (χ1v) is 3.22. The lowest BCUT2D eigenvalue weighted by Crippen LogP contribution is -1.94. The summed E-state index contributed by atoms with van der Waals surface area (Å²) in [5.41, 5.74) is 0.0972. The van der Waals surface area contributed by atoms with Crippen molar-refractivity contribution in [3.8, 4) is 5.75 Å². The number of carboxylic acids is 1. The molecule has 0 aliphatic carbocycles. The number of carboxylic acid groups (broad SMARTS) is 1. The van der Waals surface area contributed by atoms with Crippen LogP contribution in [0.15, 0.2) is 37.4 Å². The molecule has 1 aromatic rings. The molecule has 0 atom stereocenters. The molecule has 1 rings (SSSR count). The quantitative estimate of drug-likeness (QED) is 0.626. The van der Waals surface area contributed by atoms with Crippen LogP contribution in [0.1, 0.15) is 10.4 Å².